The molecule has 2 heterocycles. The summed E-state index contributed by atoms with van der Waals surface area (Å²) in [6, 6.07) is 7.01. The Morgan fingerprint density at radius 2 is 1.86 bits per heavy atom. The van der Waals surface area contributed by atoms with E-state index in [0.29, 0.717) is 23.2 Å². The number of benzene rings is 1. The van der Waals surface area contributed by atoms with E-state index in [-0.39, 0.29) is 17.8 Å². The third-order valence-corrected chi connectivity index (χ3v) is 6.90. The second-order valence-corrected chi connectivity index (χ2v) is 8.86. The van der Waals surface area contributed by atoms with Gasteiger partial charge in [-0.25, -0.2) is 9.18 Å². The van der Waals surface area contributed by atoms with Gasteiger partial charge >= 0.3 is 6.03 Å². The quantitative estimate of drug-likeness (QED) is 0.739. The van der Waals surface area contributed by atoms with Gasteiger partial charge in [0.25, 0.3) is 0 Å². The number of urea groups is 1. The number of halogens is 1. The fraction of sp³-hybridized carbons (Fsp3) is 0.571. The third-order valence-electron chi connectivity index (χ3n) is 5.79. The first-order chi connectivity index (χ1) is 13.7. The third kappa shape index (κ3) is 4.51. The minimum Gasteiger partial charge on any atom is -0.335 e. The molecule has 1 aromatic carbocycles. The Kier molecular flexibility index (Phi) is 6.20. The number of hydrogen-bond donors (Lipinski definition) is 1. The number of carbonyl (C=O) groups is 1. The van der Waals surface area contributed by atoms with Gasteiger partial charge in [0, 0.05) is 30.6 Å². The van der Waals surface area contributed by atoms with E-state index in [1.165, 1.54) is 43.1 Å². The van der Waals surface area contributed by atoms with Gasteiger partial charge in [0.15, 0.2) is 5.01 Å². The number of amides is 2. The molecule has 0 radical (unpaired) electrons. The summed E-state index contributed by atoms with van der Waals surface area (Å²) in [6.07, 6.45) is 9.08. The molecule has 1 aliphatic carbocycles. The molecule has 2 aliphatic rings. The number of nitrogens with zero attached hydrogens (tertiary/aromatic N) is 3. The van der Waals surface area contributed by atoms with Crippen molar-refractivity contribution >= 4 is 17.4 Å². The van der Waals surface area contributed by atoms with Gasteiger partial charge in [0.1, 0.15) is 10.8 Å². The predicted octanol–water partition coefficient (Wildman–Crippen LogP) is 4.96. The molecule has 2 aromatic rings. The van der Waals surface area contributed by atoms with Crippen LogP contribution in [0, 0.1) is 5.82 Å². The van der Waals surface area contributed by atoms with E-state index in [0.717, 1.165) is 37.2 Å². The van der Waals surface area contributed by atoms with E-state index in [9.17, 15) is 9.18 Å². The Labute approximate surface area is 169 Å². The molecule has 7 heteroatoms. The fourth-order valence-electron chi connectivity index (χ4n) is 4.20. The van der Waals surface area contributed by atoms with Crippen LogP contribution < -0.4 is 5.32 Å². The summed E-state index contributed by atoms with van der Waals surface area (Å²) in [5, 5.41) is 13.3. The zero-order valence-corrected chi connectivity index (χ0v) is 16.9. The molecule has 1 saturated carbocycles. The van der Waals surface area contributed by atoms with E-state index in [1.54, 1.807) is 18.2 Å². The zero-order chi connectivity index (χ0) is 19.3. The number of hydrogen-bond acceptors (Lipinski definition) is 4. The molecule has 1 aromatic heterocycles. The molecule has 1 unspecified atom stereocenters. The van der Waals surface area contributed by atoms with Gasteiger partial charge in [-0.05, 0) is 37.8 Å². The van der Waals surface area contributed by atoms with Gasteiger partial charge < -0.3 is 10.2 Å². The summed E-state index contributed by atoms with van der Waals surface area (Å²) in [7, 11) is 0. The van der Waals surface area contributed by atoms with Crippen molar-refractivity contribution in [3.63, 3.8) is 0 Å². The van der Waals surface area contributed by atoms with Crippen molar-refractivity contribution in [3.8, 4) is 10.6 Å². The summed E-state index contributed by atoms with van der Waals surface area (Å²) in [4.78, 5) is 14.7. The normalized spacial score (nSPS) is 21.3. The van der Waals surface area contributed by atoms with Crippen LogP contribution in [0.3, 0.4) is 0 Å². The Morgan fingerprint density at radius 3 is 2.64 bits per heavy atom. The van der Waals surface area contributed by atoms with Gasteiger partial charge in [0.05, 0.1) is 0 Å². The van der Waals surface area contributed by atoms with Crippen molar-refractivity contribution in [2.45, 2.75) is 63.3 Å². The second kappa shape index (κ2) is 8.99. The van der Waals surface area contributed by atoms with Gasteiger partial charge in [0.2, 0.25) is 0 Å². The molecule has 4 rings (SSSR count). The summed E-state index contributed by atoms with van der Waals surface area (Å²) < 4.78 is 14.0. The number of rotatable bonds is 3. The van der Waals surface area contributed by atoms with Crippen molar-refractivity contribution < 1.29 is 9.18 Å². The molecule has 2 amide bonds. The lowest BCUT2D eigenvalue weighted by Gasteiger charge is -2.33. The topological polar surface area (TPSA) is 58.1 Å². The fourth-order valence-corrected chi connectivity index (χ4v) is 5.19. The highest BCUT2D eigenvalue weighted by Gasteiger charge is 2.28. The molecule has 1 N–H and O–H groups in total. The molecule has 1 aliphatic heterocycles. The average molecular weight is 403 g/mol. The largest absolute Gasteiger partial charge is 0.335 e. The number of nitrogens with one attached hydrogen (secondary N) is 1. The van der Waals surface area contributed by atoms with E-state index >= 15 is 0 Å². The zero-order valence-electron chi connectivity index (χ0n) is 16.1. The van der Waals surface area contributed by atoms with Crippen LogP contribution in [0.5, 0.6) is 0 Å². The van der Waals surface area contributed by atoms with E-state index in [4.69, 9.17) is 0 Å². The highest BCUT2D eigenvalue weighted by Crippen LogP contribution is 2.33. The van der Waals surface area contributed by atoms with Crippen molar-refractivity contribution in [3.05, 3.63) is 35.1 Å². The van der Waals surface area contributed by atoms with Crippen LogP contribution in [0.1, 0.15) is 62.3 Å². The van der Waals surface area contributed by atoms with Gasteiger partial charge in [-0.2, -0.15) is 0 Å². The summed E-state index contributed by atoms with van der Waals surface area (Å²) in [5.41, 5.74) is 0.491. The smallest absolute Gasteiger partial charge is 0.317 e. The first-order valence-corrected chi connectivity index (χ1v) is 11.2. The summed E-state index contributed by atoms with van der Waals surface area (Å²) in [6.45, 7) is 1.44. The Hall–Kier alpha value is -2.02. The van der Waals surface area contributed by atoms with Crippen LogP contribution in [0.2, 0.25) is 0 Å². The molecular formula is C21H27FN4OS. The van der Waals surface area contributed by atoms with Crippen LogP contribution in [-0.4, -0.2) is 40.3 Å². The lowest BCUT2D eigenvalue weighted by atomic mass is 9.99. The van der Waals surface area contributed by atoms with E-state index in [2.05, 4.69) is 15.5 Å². The first-order valence-electron chi connectivity index (χ1n) is 10.3. The minimum absolute atomic E-state index is 0.0513. The molecule has 2 fully saturated rings. The maximum absolute atomic E-state index is 14.0. The molecule has 1 atom stereocenters. The average Bonchev–Trinajstić information content (AvgIpc) is 3.07. The first kappa shape index (κ1) is 19.3. The molecule has 5 nitrogen and oxygen atoms in total. The summed E-state index contributed by atoms with van der Waals surface area (Å²) in [5.74, 6) is -0.107. The van der Waals surface area contributed by atoms with Gasteiger partial charge in [-0.15, -0.1) is 10.2 Å². The van der Waals surface area contributed by atoms with Crippen molar-refractivity contribution in [1.82, 2.24) is 20.4 Å². The molecule has 150 valence electrons. The lowest BCUT2D eigenvalue weighted by Crippen LogP contribution is -2.48. The molecular weight excluding hydrogens is 375 g/mol. The monoisotopic (exact) mass is 402 g/mol. The molecule has 1 saturated heterocycles. The predicted molar refractivity (Wildman–Crippen MR) is 109 cm³/mol. The van der Waals surface area contributed by atoms with Crippen LogP contribution in [0.15, 0.2) is 24.3 Å². The Bertz CT molecular complexity index is 803. The maximum Gasteiger partial charge on any atom is 0.317 e. The van der Waals surface area contributed by atoms with E-state index < -0.39 is 0 Å². The molecule has 28 heavy (non-hydrogen) atoms. The van der Waals surface area contributed by atoms with E-state index in [1.807, 2.05) is 4.90 Å². The number of likely N-dealkylation sites (tertiary alicyclic amines) is 1. The Morgan fingerprint density at radius 1 is 1.07 bits per heavy atom. The SMILES string of the molecule is O=C(NC1CCCCCC1)N1CCCC(c2nnc(-c3ccccc3F)s2)C1. The van der Waals surface area contributed by atoms with Gasteiger partial charge in [-0.3, -0.25) is 0 Å². The number of aromatic nitrogens is 2. The maximum atomic E-state index is 14.0. The van der Waals surface area contributed by atoms with Gasteiger partial charge in [-0.1, -0.05) is 49.2 Å². The molecule has 0 spiro atoms. The number of piperidine rings is 1. The standard InChI is InChI=1S/C21H27FN4OS/c22-18-12-6-5-11-17(18)20-25-24-19(28-20)15-8-7-13-26(14-15)21(27)23-16-9-3-1-2-4-10-16/h5-6,11-12,15-16H,1-4,7-10,13-14H2,(H,23,27). The number of carbonyl (C=O) groups excluding carboxylic acids is 1. The second-order valence-electron chi connectivity index (χ2n) is 7.85. The van der Waals surface area contributed by atoms with Crippen LogP contribution in [-0.2, 0) is 0 Å². The van der Waals surface area contributed by atoms with Crippen molar-refractivity contribution in [1.29, 1.82) is 0 Å². The van der Waals surface area contributed by atoms with Crippen LogP contribution >= 0.6 is 11.3 Å². The van der Waals surface area contributed by atoms with Crippen LogP contribution in [0.4, 0.5) is 9.18 Å². The highest BCUT2D eigenvalue weighted by atomic mass is 32.1. The summed E-state index contributed by atoms with van der Waals surface area (Å²) >= 11 is 1.44. The Balaban J connectivity index is 1.40. The van der Waals surface area contributed by atoms with Crippen molar-refractivity contribution in [2.75, 3.05) is 13.1 Å². The van der Waals surface area contributed by atoms with Crippen LogP contribution in [0.25, 0.3) is 10.6 Å². The lowest BCUT2D eigenvalue weighted by molar-refractivity contribution is 0.174. The highest BCUT2D eigenvalue weighted by molar-refractivity contribution is 7.14. The van der Waals surface area contributed by atoms with Crippen molar-refractivity contribution in [2.24, 2.45) is 0 Å². The minimum atomic E-state index is -0.279. The molecule has 0 bridgehead atoms.